The maximum atomic E-state index is 12.3. The zero-order valence-electron chi connectivity index (χ0n) is 13.1. The molecule has 4 aromatic rings. The van der Waals surface area contributed by atoms with E-state index in [1.807, 2.05) is 54.6 Å². The van der Waals surface area contributed by atoms with Crippen LogP contribution in [0.2, 0.25) is 5.02 Å². The number of fused-ring (bicyclic) bond motifs is 1. The summed E-state index contributed by atoms with van der Waals surface area (Å²) in [5.74, 6) is 0.787. The first-order chi connectivity index (χ1) is 12.2. The van der Waals surface area contributed by atoms with Crippen LogP contribution in [0.5, 0.6) is 0 Å². The molecule has 0 saturated carbocycles. The predicted octanol–water partition coefficient (Wildman–Crippen LogP) is 3.35. The third kappa shape index (κ3) is 3.25. The molecule has 0 unspecified atom stereocenters. The molecule has 4 rings (SSSR count). The summed E-state index contributed by atoms with van der Waals surface area (Å²) in [6.07, 6.45) is 0. The number of hydrogen-bond donors (Lipinski definition) is 2. The van der Waals surface area contributed by atoms with Gasteiger partial charge in [0.15, 0.2) is 0 Å². The summed E-state index contributed by atoms with van der Waals surface area (Å²) in [6.45, 7) is 0.528. The predicted molar refractivity (Wildman–Crippen MR) is 97.8 cm³/mol. The summed E-state index contributed by atoms with van der Waals surface area (Å²) >= 11 is 5.98. The van der Waals surface area contributed by atoms with Crippen LogP contribution in [-0.4, -0.2) is 19.6 Å². The van der Waals surface area contributed by atoms with Gasteiger partial charge in [-0.05, 0) is 17.7 Å². The number of H-pyrrole nitrogens is 1. The highest BCUT2D eigenvalue weighted by Crippen LogP contribution is 2.16. The van der Waals surface area contributed by atoms with Crippen LogP contribution >= 0.6 is 11.6 Å². The molecule has 0 radical (unpaired) electrons. The van der Waals surface area contributed by atoms with Crippen molar-refractivity contribution in [3.8, 4) is 11.3 Å². The number of hydrogen-bond acceptors (Lipinski definition) is 4. The van der Waals surface area contributed by atoms with Crippen LogP contribution in [0.1, 0.15) is 5.56 Å². The van der Waals surface area contributed by atoms with Gasteiger partial charge in [0, 0.05) is 23.2 Å². The second-order valence-electron chi connectivity index (χ2n) is 5.54. The van der Waals surface area contributed by atoms with Gasteiger partial charge in [0.25, 0.3) is 11.3 Å². The van der Waals surface area contributed by atoms with Crippen LogP contribution in [0, 0.1) is 0 Å². The molecule has 0 amide bonds. The fraction of sp³-hybridized carbons (Fsp3) is 0.0556. The molecule has 0 fully saturated rings. The highest BCUT2D eigenvalue weighted by molar-refractivity contribution is 6.30. The van der Waals surface area contributed by atoms with Gasteiger partial charge < -0.3 is 5.32 Å². The van der Waals surface area contributed by atoms with Gasteiger partial charge in [-0.25, -0.2) is 4.98 Å². The largest absolute Gasteiger partial charge is 0.351 e. The van der Waals surface area contributed by atoms with Gasteiger partial charge in [0.05, 0.1) is 5.69 Å². The monoisotopic (exact) mass is 351 g/mol. The number of aromatic amines is 1. The first kappa shape index (κ1) is 15.4. The number of anilines is 1. The van der Waals surface area contributed by atoms with Crippen LogP contribution < -0.4 is 10.9 Å². The molecule has 2 aromatic carbocycles. The standard InChI is InChI=1S/C18H14ClN5O/c19-14-8-4-5-12(9-14)11-20-17-22-18-21-15(10-16(25)24(18)23-17)13-6-2-1-3-7-13/h1-10H,11H2,(H2,20,21,22,23). The van der Waals surface area contributed by atoms with E-state index in [1.165, 1.54) is 10.6 Å². The summed E-state index contributed by atoms with van der Waals surface area (Å²) in [4.78, 5) is 21.1. The molecule has 25 heavy (non-hydrogen) atoms. The topological polar surface area (TPSA) is 75.1 Å². The molecule has 0 bridgehead atoms. The Morgan fingerprint density at radius 2 is 1.88 bits per heavy atom. The molecule has 0 aliphatic rings. The van der Waals surface area contributed by atoms with Crippen molar-refractivity contribution in [1.29, 1.82) is 0 Å². The van der Waals surface area contributed by atoms with Crippen LogP contribution in [0.4, 0.5) is 5.95 Å². The van der Waals surface area contributed by atoms with E-state index in [0.29, 0.717) is 29.0 Å². The molecule has 0 aliphatic carbocycles. The number of halogens is 1. The van der Waals surface area contributed by atoms with Crippen LogP contribution in [-0.2, 0) is 6.54 Å². The van der Waals surface area contributed by atoms with Crippen molar-refractivity contribution < 1.29 is 0 Å². The lowest BCUT2D eigenvalue weighted by molar-refractivity contribution is 0.897. The lowest BCUT2D eigenvalue weighted by Crippen LogP contribution is -2.14. The van der Waals surface area contributed by atoms with E-state index in [9.17, 15) is 4.79 Å². The molecular formula is C18H14ClN5O. The van der Waals surface area contributed by atoms with E-state index in [2.05, 4.69) is 20.4 Å². The molecule has 7 heteroatoms. The number of nitrogens with zero attached hydrogens (tertiary/aromatic N) is 3. The summed E-state index contributed by atoms with van der Waals surface area (Å²) < 4.78 is 1.31. The summed E-state index contributed by atoms with van der Waals surface area (Å²) in [5.41, 5.74) is 2.27. The Morgan fingerprint density at radius 1 is 1.04 bits per heavy atom. The van der Waals surface area contributed by atoms with Crippen molar-refractivity contribution in [3.05, 3.63) is 81.6 Å². The molecule has 0 saturated heterocycles. The Labute approximate surface area is 148 Å². The van der Waals surface area contributed by atoms with E-state index in [0.717, 1.165) is 11.1 Å². The normalized spacial score (nSPS) is 10.9. The minimum absolute atomic E-state index is 0.216. The Bertz CT molecular complexity index is 1090. The SMILES string of the molecule is O=c1cc(-c2ccccc2)nc2nc(NCc3cccc(Cl)c3)[nH]n12. The maximum absolute atomic E-state index is 12.3. The molecule has 2 N–H and O–H groups in total. The van der Waals surface area contributed by atoms with Gasteiger partial charge in [-0.2, -0.15) is 9.50 Å². The molecular weight excluding hydrogens is 338 g/mol. The van der Waals surface area contributed by atoms with E-state index in [1.54, 1.807) is 0 Å². The average molecular weight is 352 g/mol. The van der Waals surface area contributed by atoms with E-state index in [-0.39, 0.29) is 5.56 Å². The van der Waals surface area contributed by atoms with Gasteiger partial charge in [-0.1, -0.05) is 54.1 Å². The summed E-state index contributed by atoms with van der Waals surface area (Å²) in [5, 5.41) is 6.73. The first-order valence-electron chi connectivity index (χ1n) is 7.72. The van der Waals surface area contributed by atoms with Crippen molar-refractivity contribution in [2.75, 3.05) is 5.32 Å². The molecule has 0 aliphatic heterocycles. The van der Waals surface area contributed by atoms with Gasteiger partial charge in [-0.3, -0.25) is 9.89 Å². The van der Waals surface area contributed by atoms with Crippen molar-refractivity contribution in [2.24, 2.45) is 0 Å². The molecule has 124 valence electrons. The third-order valence-corrected chi connectivity index (χ3v) is 3.98. The Kier molecular flexibility index (Phi) is 3.95. The lowest BCUT2D eigenvalue weighted by atomic mass is 10.1. The smallest absolute Gasteiger partial charge is 0.274 e. The van der Waals surface area contributed by atoms with E-state index in [4.69, 9.17) is 11.6 Å². The van der Waals surface area contributed by atoms with E-state index < -0.39 is 0 Å². The van der Waals surface area contributed by atoms with Crippen molar-refractivity contribution in [3.63, 3.8) is 0 Å². The first-order valence-corrected chi connectivity index (χ1v) is 8.10. The second-order valence-corrected chi connectivity index (χ2v) is 5.97. The molecule has 0 spiro atoms. The Balaban J connectivity index is 1.64. The number of nitrogens with one attached hydrogen (secondary N) is 2. The van der Waals surface area contributed by atoms with Crippen LogP contribution in [0.25, 0.3) is 17.0 Å². The maximum Gasteiger partial charge on any atom is 0.274 e. The highest BCUT2D eigenvalue weighted by Gasteiger charge is 2.09. The summed E-state index contributed by atoms with van der Waals surface area (Å²) in [6, 6.07) is 18.6. The number of benzene rings is 2. The molecule has 0 atom stereocenters. The quantitative estimate of drug-likeness (QED) is 0.591. The highest BCUT2D eigenvalue weighted by atomic mass is 35.5. The van der Waals surface area contributed by atoms with Gasteiger partial charge in [0.2, 0.25) is 5.95 Å². The minimum Gasteiger partial charge on any atom is -0.351 e. The Morgan fingerprint density at radius 3 is 2.68 bits per heavy atom. The fourth-order valence-electron chi connectivity index (χ4n) is 2.55. The number of rotatable bonds is 4. The van der Waals surface area contributed by atoms with Gasteiger partial charge >= 0.3 is 0 Å². The van der Waals surface area contributed by atoms with E-state index >= 15 is 0 Å². The van der Waals surface area contributed by atoms with Gasteiger partial charge in [-0.15, -0.1) is 0 Å². The number of aromatic nitrogens is 4. The third-order valence-electron chi connectivity index (χ3n) is 3.75. The zero-order valence-corrected chi connectivity index (χ0v) is 13.9. The fourth-order valence-corrected chi connectivity index (χ4v) is 2.76. The van der Waals surface area contributed by atoms with Crippen molar-refractivity contribution in [2.45, 2.75) is 6.54 Å². The van der Waals surface area contributed by atoms with Crippen molar-refractivity contribution in [1.82, 2.24) is 19.6 Å². The van der Waals surface area contributed by atoms with Gasteiger partial charge in [0.1, 0.15) is 0 Å². The summed E-state index contributed by atoms with van der Waals surface area (Å²) in [7, 11) is 0. The zero-order chi connectivity index (χ0) is 17.2. The second kappa shape index (κ2) is 6.41. The Hall–Kier alpha value is -3.12. The van der Waals surface area contributed by atoms with Crippen LogP contribution in [0.3, 0.4) is 0 Å². The molecule has 6 nitrogen and oxygen atoms in total. The minimum atomic E-state index is -0.216. The average Bonchev–Trinajstić information content (AvgIpc) is 3.04. The lowest BCUT2D eigenvalue weighted by Gasteiger charge is -2.02. The molecule has 2 heterocycles. The van der Waals surface area contributed by atoms with Crippen molar-refractivity contribution >= 4 is 23.3 Å². The van der Waals surface area contributed by atoms with Crippen LogP contribution in [0.15, 0.2) is 65.5 Å². The molecule has 2 aromatic heterocycles.